The van der Waals surface area contributed by atoms with Gasteiger partial charge in [0.15, 0.2) is 0 Å². The van der Waals surface area contributed by atoms with E-state index in [9.17, 15) is 0 Å². The number of aromatic nitrogens is 4. The summed E-state index contributed by atoms with van der Waals surface area (Å²) >= 11 is 0. The van der Waals surface area contributed by atoms with Crippen LogP contribution in [0.25, 0.3) is 33.4 Å². The summed E-state index contributed by atoms with van der Waals surface area (Å²) in [5.41, 5.74) is 3.82. The number of fused-ring (bicyclic) bond motifs is 2. The van der Waals surface area contributed by atoms with Crippen LogP contribution in [0, 0.1) is 0 Å². The van der Waals surface area contributed by atoms with Crippen molar-refractivity contribution in [2.45, 2.75) is 0 Å². The molecule has 1 aromatic carbocycles. The van der Waals surface area contributed by atoms with E-state index in [0.29, 0.717) is 0 Å². The van der Waals surface area contributed by atoms with Gasteiger partial charge in [0.25, 0.3) is 0 Å². The van der Waals surface area contributed by atoms with E-state index in [2.05, 4.69) is 49.4 Å². The van der Waals surface area contributed by atoms with Gasteiger partial charge in [-0.05, 0) is 42.5 Å². The first kappa shape index (κ1) is 14.7. The first-order chi connectivity index (χ1) is 12.8. The van der Waals surface area contributed by atoms with Gasteiger partial charge in [0, 0.05) is 47.7 Å². The summed E-state index contributed by atoms with van der Waals surface area (Å²) in [5, 5.41) is 2.20. The van der Waals surface area contributed by atoms with Crippen molar-refractivity contribution in [1.82, 2.24) is 19.1 Å². The van der Waals surface area contributed by atoms with Crippen molar-refractivity contribution in [1.29, 1.82) is 0 Å². The predicted octanol–water partition coefficient (Wildman–Crippen LogP) is 4.37. The van der Waals surface area contributed by atoms with Crippen LogP contribution >= 0.6 is 0 Å². The fourth-order valence-electron chi connectivity index (χ4n) is 3.31. The highest BCUT2D eigenvalue weighted by Gasteiger charge is 2.10. The molecule has 0 aliphatic carbocycles. The number of methoxy groups -OCH3 is 1. The Morgan fingerprint density at radius 1 is 0.731 bits per heavy atom. The molecule has 4 heterocycles. The van der Waals surface area contributed by atoms with Gasteiger partial charge in [-0.15, -0.1) is 0 Å². The first-order valence-electron chi connectivity index (χ1n) is 8.37. The van der Waals surface area contributed by atoms with Gasteiger partial charge in [-0.3, -0.25) is 0 Å². The minimum atomic E-state index is 0.785. The molecule has 5 aromatic rings. The van der Waals surface area contributed by atoms with Crippen LogP contribution in [-0.2, 0) is 0 Å². The maximum atomic E-state index is 5.55. The maximum Gasteiger partial charge on any atom is 0.144 e. The summed E-state index contributed by atoms with van der Waals surface area (Å²) in [6.07, 6.45) is 7.68. The fourth-order valence-corrected chi connectivity index (χ4v) is 3.31. The number of benzene rings is 1. The molecule has 0 unspecified atom stereocenters. The summed E-state index contributed by atoms with van der Waals surface area (Å²) in [6, 6.07) is 18.3. The van der Waals surface area contributed by atoms with Crippen molar-refractivity contribution in [2.75, 3.05) is 7.11 Å². The zero-order valence-electron chi connectivity index (χ0n) is 14.2. The molecule has 0 aliphatic rings. The van der Waals surface area contributed by atoms with Crippen molar-refractivity contribution in [3.05, 3.63) is 79.4 Å². The van der Waals surface area contributed by atoms with E-state index >= 15 is 0 Å². The normalized spacial score (nSPS) is 11.3. The van der Waals surface area contributed by atoms with E-state index in [0.717, 1.165) is 39.2 Å². The second-order valence-corrected chi connectivity index (χ2v) is 6.09. The summed E-state index contributed by atoms with van der Waals surface area (Å²) in [4.78, 5) is 9.04. The lowest BCUT2D eigenvalue weighted by Gasteiger charge is -2.12. The number of pyridine rings is 2. The smallest absolute Gasteiger partial charge is 0.144 e. The van der Waals surface area contributed by atoms with Gasteiger partial charge in [-0.1, -0.05) is 0 Å². The van der Waals surface area contributed by atoms with Crippen LogP contribution in [0.3, 0.4) is 0 Å². The quantitative estimate of drug-likeness (QED) is 0.490. The molecule has 5 nitrogen and oxygen atoms in total. The Hall–Kier alpha value is -3.60. The lowest BCUT2D eigenvalue weighted by Crippen LogP contribution is -2.00. The molecule has 26 heavy (non-hydrogen) atoms. The first-order valence-corrected chi connectivity index (χ1v) is 8.37. The molecule has 0 fully saturated rings. The molecule has 0 amide bonds. The highest BCUT2D eigenvalue weighted by molar-refractivity contribution is 5.80. The van der Waals surface area contributed by atoms with Gasteiger partial charge in [0.1, 0.15) is 17.0 Å². The van der Waals surface area contributed by atoms with E-state index < -0.39 is 0 Å². The molecule has 4 aromatic heterocycles. The third kappa shape index (κ3) is 2.25. The van der Waals surface area contributed by atoms with Crippen LogP contribution in [0.1, 0.15) is 0 Å². The second-order valence-electron chi connectivity index (χ2n) is 6.09. The largest absolute Gasteiger partial charge is 0.497 e. The van der Waals surface area contributed by atoms with Crippen molar-refractivity contribution in [3.8, 4) is 17.1 Å². The van der Waals surface area contributed by atoms with Gasteiger partial charge in [0.2, 0.25) is 0 Å². The molecule has 0 N–H and O–H groups in total. The Bertz CT molecular complexity index is 1140. The molecule has 0 atom stereocenters. The minimum absolute atomic E-state index is 0.785. The minimum Gasteiger partial charge on any atom is -0.497 e. The molecule has 0 saturated carbocycles. The van der Waals surface area contributed by atoms with Gasteiger partial charge >= 0.3 is 0 Å². The lowest BCUT2D eigenvalue weighted by atomic mass is 10.2. The van der Waals surface area contributed by atoms with E-state index in [1.165, 1.54) is 0 Å². The Labute approximate surface area is 150 Å². The SMILES string of the molecule is COc1cc(-n2ccc3cccnc32)cc(-n2ccc3cccnc32)c1. The maximum absolute atomic E-state index is 5.55. The summed E-state index contributed by atoms with van der Waals surface area (Å²) in [5.74, 6) is 0.785. The summed E-state index contributed by atoms with van der Waals surface area (Å²) in [6.45, 7) is 0. The van der Waals surface area contributed by atoms with E-state index in [4.69, 9.17) is 4.74 Å². The van der Waals surface area contributed by atoms with Crippen LogP contribution < -0.4 is 4.74 Å². The van der Waals surface area contributed by atoms with Crippen LogP contribution in [0.2, 0.25) is 0 Å². The summed E-state index contributed by atoms with van der Waals surface area (Å²) < 4.78 is 9.69. The number of ether oxygens (including phenoxy) is 1. The third-order valence-corrected chi connectivity index (χ3v) is 4.56. The fraction of sp³-hybridized carbons (Fsp3) is 0.0476. The van der Waals surface area contributed by atoms with Crippen molar-refractivity contribution in [2.24, 2.45) is 0 Å². The number of hydrogen-bond donors (Lipinski definition) is 0. The average molecular weight is 340 g/mol. The van der Waals surface area contributed by atoms with Gasteiger partial charge in [-0.25, -0.2) is 9.97 Å². The molecular formula is C21H16N4O. The van der Waals surface area contributed by atoms with E-state index in [-0.39, 0.29) is 0 Å². The molecular weight excluding hydrogens is 324 g/mol. The molecule has 0 saturated heterocycles. The Morgan fingerprint density at radius 2 is 1.27 bits per heavy atom. The number of hydrogen-bond acceptors (Lipinski definition) is 3. The Morgan fingerprint density at radius 3 is 1.77 bits per heavy atom. The second kappa shape index (κ2) is 5.74. The Balaban J connectivity index is 1.74. The van der Waals surface area contributed by atoms with Crippen LogP contribution in [0.5, 0.6) is 5.75 Å². The van der Waals surface area contributed by atoms with Gasteiger partial charge < -0.3 is 13.9 Å². The molecule has 5 rings (SSSR count). The van der Waals surface area contributed by atoms with Crippen LogP contribution in [0.4, 0.5) is 0 Å². The highest BCUT2D eigenvalue weighted by Crippen LogP contribution is 2.27. The third-order valence-electron chi connectivity index (χ3n) is 4.56. The van der Waals surface area contributed by atoms with Crippen molar-refractivity contribution in [3.63, 3.8) is 0 Å². The van der Waals surface area contributed by atoms with Crippen LogP contribution in [0.15, 0.2) is 79.4 Å². The van der Waals surface area contributed by atoms with Crippen molar-refractivity contribution >= 4 is 22.1 Å². The zero-order valence-corrected chi connectivity index (χ0v) is 14.2. The molecule has 5 heteroatoms. The standard InChI is InChI=1S/C21H16N4O/c1-26-19-13-17(24-10-6-15-4-2-8-22-20(15)24)12-18(14-19)25-11-7-16-5-3-9-23-21(16)25/h2-14H,1H3. The molecule has 126 valence electrons. The topological polar surface area (TPSA) is 44.9 Å². The summed E-state index contributed by atoms with van der Waals surface area (Å²) in [7, 11) is 1.68. The van der Waals surface area contributed by atoms with Crippen molar-refractivity contribution < 1.29 is 4.74 Å². The lowest BCUT2D eigenvalue weighted by molar-refractivity contribution is 0.414. The van der Waals surface area contributed by atoms with E-state index in [1.54, 1.807) is 7.11 Å². The van der Waals surface area contributed by atoms with Gasteiger partial charge in [0.05, 0.1) is 18.5 Å². The monoisotopic (exact) mass is 340 g/mol. The molecule has 0 radical (unpaired) electrons. The number of rotatable bonds is 3. The van der Waals surface area contributed by atoms with E-state index in [1.807, 2.05) is 49.1 Å². The highest BCUT2D eigenvalue weighted by atomic mass is 16.5. The molecule has 0 aliphatic heterocycles. The predicted molar refractivity (Wildman–Crippen MR) is 102 cm³/mol. The zero-order chi connectivity index (χ0) is 17.5. The van der Waals surface area contributed by atoms with Gasteiger partial charge in [-0.2, -0.15) is 0 Å². The average Bonchev–Trinajstić information content (AvgIpc) is 3.32. The Kier molecular flexibility index (Phi) is 3.25. The van der Waals surface area contributed by atoms with Crippen LogP contribution in [-0.4, -0.2) is 26.2 Å². The number of nitrogens with zero attached hydrogens (tertiary/aromatic N) is 4. The molecule has 0 spiro atoms. The molecule has 0 bridgehead atoms.